The zero-order valence-corrected chi connectivity index (χ0v) is 15.7. The van der Waals surface area contributed by atoms with Crippen LogP contribution in [0.3, 0.4) is 0 Å². The zero-order chi connectivity index (χ0) is 19.0. The maximum atomic E-state index is 11.7. The number of carbonyl (C=O) groups is 2. The SMILES string of the molecule is CCC(=O)C(=O)Nc1ccc(-c2cn3c(n2)sc2cc(OC)ccc23)cc1. The standard InChI is InChI=1S/C20H17N3O3S/c1-3-17(24)19(25)21-13-6-4-12(5-7-13)15-11-23-16-9-8-14(26-2)10-18(16)27-20(23)22-15/h4-11H,3H2,1-2H3,(H,21,25). The molecule has 0 aliphatic rings. The van der Waals surface area contributed by atoms with E-state index in [4.69, 9.17) is 9.72 Å². The van der Waals surface area contributed by atoms with E-state index in [-0.39, 0.29) is 6.42 Å². The molecule has 2 aromatic heterocycles. The van der Waals surface area contributed by atoms with E-state index in [0.29, 0.717) is 5.69 Å². The minimum atomic E-state index is -0.588. The number of methoxy groups -OCH3 is 1. The summed E-state index contributed by atoms with van der Waals surface area (Å²) in [4.78, 5) is 28.7. The number of nitrogens with zero attached hydrogens (tertiary/aromatic N) is 2. The van der Waals surface area contributed by atoms with Gasteiger partial charge in [0, 0.05) is 23.9 Å². The molecule has 0 radical (unpaired) electrons. The molecule has 27 heavy (non-hydrogen) atoms. The Bertz CT molecular complexity index is 1160. The normalized spacial score (nSPS) is 11.0. The van der Waals surface area contributed by atoms with Gasteiger partial charge in [0.2, 0.25) is 5.78 Å². The van der Waals surface area contributed by atoms with Gasteiger partial charge >= 0.3 is 0 Å². The molecule has 4 rings (SSSR count). The molecule has 0 saturated carbocycles. The van der Waals surface area contributed by atoms with Crippen molar-refractivity contribution in [2.75, 3.05) is 12.4 Å². The molecule has 0 saturated heterocycles. The summed E-state index contributed by atoms with van der Waals surface area (Å²) in [5, 5.41) is 2.60. The zero-order valence-electron chi connectivity index (χ0n) is 14.9. The van der Waals surface area contributed by atoms with Gasteiger partial charge in [0.1, 0.15) is 5.75 Å². The molecule has 0 spiro atoms. The van der Waals surface area contributed by atoms with Gasteiger partial charge in [-0.05, 0) is 30.3 Å². The molecule has 0 aliphatic heterocycles. The van der Waals surface area contributed by atoms with Crippen molar-refractivity contribution >= 4 is 43.9 Å². The number of hydrogen-bond acceptors (Lipinski definition) is 5. The largest absolute Gasteiger partial charge is 0.497 e. The van der Waals surface area contributed by atoms with Crippen LogP contribution in [0.2, 0.25) is 0 Å². The van der Waals surface area contributed by atoms with Crippen molar-refractivity contribution in [1.29, 1.82) is 0 Å². The van der Waals surface area contributed by atoms with Crippen molar-refractivity contribution < 1.29 is 14.3 Å². The first-order valence-corrected chi connectivity index (χ1v) is 9.31. The maximum absolute atomic E-state index is 11.7. The lowest BCUT2D eigenvalue weighted by Crippen LogP contribution is -2.21. The summed E-state index contributed by atoms with van der Waals surface area (Å²) in [5.41, 5.74) is 3.45. The van der Waals surface area contributed by atoms with Crippen molar-refractivity contribution in [3.63, 3.8) is 0 Å². The Labute approximate surface area is 159 Å². The summed E-state index contributed by atoms with van der Waals surface area (Å²) >= 11 is 1.60. The van der Waals surface area contributed by atoms with Gasteiger partial charge in [-0.25, -0.2) is 4.98 Å². The third-order valence-corrected chi connectivity index (χ3v) is 5.33. The summed E-state index contributed by atoms with van der Waals surface area (Å²) in [5.74, 6) is -0.196. The molecule has 0 atom stereocenters. The van der Waals surface area contributed by atoms with E-state index in [9.17, 15) is 9.59 Å². The molecule has 0 fully saturated rings. The molecule has 6 nitrogen and oxygen atoms in total. The summed E-state index contributed by atoms with van der Waals surface area (Å²) in [7, 11) is 1.65. The number of Topliss-reactive ketones (excluding diaryl/α,β-unsaturated/α-hetero) is 1. The number of carbonyl (C=O) groups excluding carboxylic acids is 2. The fourth-order valence-corrected chi connectivity index (χ4v) is 3.87. The Morgan fingerprint density at radius 2 is 1.96 bits per heavy atom. The van der Waals surface area contributed by atoms with Gasteiger partial charge in [-0.2, -0.15) is 0 Å². The lowest BCUT2D eigenvalue weighted by atomic mass is 10.1. The van der Waals surface area contributed by atoms with Crippen LogP contribution in [0.25, 0.3) is 26.4 Å². The Balaban J connectivity index is 1.62. The Morgan fingerprint density at radius 3 is 2.67 bits per heavy atom. The number of hydrogen-bond donors (Lipinski definition) is 1. The highest BCUT2D eigenvalue weighted by atomic mass is 32.1. The van der Waals surface area contributed by atoms with Crippen molar-refractivity contribution in [3.05, 3.63) is 48.7 Å². The van der Waals surface area contributed by atoms with Crippen molar-refractivity contribution in [2.45, 2.75) is 13.3 Å². The molecule has 136 valence electrons. The van der Waals surface area contributed by atoms with Crippen LogP contribution in [0, 0.1) is 0 Å². The number of amides is 1. The van der Waals surface area contributed by atoms with Crippen LogP contribution in [0.4, 0.5) is 5.69 Å². The fourth-order valence-electron chi connectivity index (χ4n) is 2.83. The molecule has 0 unspecified atom stereocenters. The third kappa shape index (κ3) is 3.17. The van der Waals surface area contributed by atoms with Gasteiger partial charge in [-0.3, -0.25) is 14.0 Å². The van der Waals surface area contributed by atoms with E-state index in [1.807, 2.05) is 36.5 Å². The van der Waals surface area contributed by atoms with Gasteiger partial charge in [0.25, 0.3) is 5.91 Å². The van der Waals surface area contributed by atoms with E-state index in [1.165, 1.54) is 0 Å². The van der Waals surface area contributed by atoms with Gasteiger partial charge in [-0.1, -0.05) is 30.4 Å². The molecule has 7 heteroatoms. The smallest absolute Gasteiger partial charge is 0.291 e. The summed E-state index contributed by atoms with van der Waals surface area (Å²) in [6.07, 6.45) is 2.18. The predicted octanol–water partition coefficient (Wildman–Crippen LogP) is 4.14. The predicted molar refractivity (Wildman–Crippen MR) is 106 cm³/mol. The molecular weight excluding hydrogens is 362 g/mol. The molecule has 4 aromatic rings. The topological polar surface area (TPSA) is 72.7 Å². The number of imidazole rings is 1. The highest BCUT2D eigenvalue weighted by molar-refractivity contribution is 7.23. The molecule has 2 heterocycles. The van der Waals surface area contributed by atoms with Crippen LogP contribution < -0.4 is 10.1 Å². The second-order valence-electron chi connectivity index (χ2n) is 6.02. The van der Waals surface area contributed by atoms with Crippen LogP contribution in [-0.4, -0.2) is 28.2 Å². The summed E-state index contributed by atoms with van der Waals surface area (Å²) in [6.45, 7) is 1.66. The Hall–Kier alpha value is -3.19. The molecule has 1 amide bonds. The molecule has 2 aromatic carbocycles. The number of ether oxygens (including phenoxy) is 1. The van der Waals surface area contributed by atoms with E-state index in [0.717, 1.165) is 32.2 Å². The average molecular weight is 379 g/mol. The van der Waals surface area contributed by atoms with Gasteiger partial charge in [0.15, 0.2) is 4.96 Å². The molecule has 1 N–H and O–H groups in total. The van der Waals surface area contributed by atoms with E-state index >= 15 is 0 Å². The molecular formula is C20H17N3O3S. The maximum Gasteiger partial charge on any atom is 0.291 e. The van der Waals surface area contributed by atoms with Crippen LogP contribution in [0.1, 0.15) is 13.3 Å². The fraction of sp³-hybridized carbons (Fsp3) is 0.150. The van der Waals surface area contributed by atoms with E-state index in [2.05, 4.69) is 9.72 Å². The number of benzene rings is 2. The minimum absolute atomic E-state index is 0.190. The van der Waals surface area contributed by atoms with Crippen LogP contribution in [0.5, 0.6) is 5.75 Å². The second-order valence-corrected chi connectivity index (χ2v) is 7.03. The number of fused-ring (bicyclic) bond motifs is 3. The minimum Gasteiger partial charge on any atom is -0.497 e. The van der Waals surface area contributed by atoms with Gasteiger partial charge in [0.05, 0.1) is 23.0 Å². The number of aromatic nitrogens is 2. The molecule has 0 bridgehead atoms. The summed E-state index contributed by atoms with van der Waals surface area (Å²) < 4.78 is 8.45. The molecule has 0 aliphatic carbocycles. The Kier molecular flexibility index (Phi) is 4.37. The first-order valence-electron chi connectivity index (χ1n) is 8.49. The lowest BCUT2D eigenvalue weighted by molar-refractivity contribution is -0.134. The van der Waals surface area contributed by atoms with Gasteiger partial charge in [-0.15, -0.1) is 0 Å². The lowest BCUT2D eigenvalue weighted by Gasteiger charge is -2.04. The van der Waals surface area contributed by atoms with Crippen molar-refractivity contribution in [3.8, 4) is 17.0 Å². The van der Waals surface area contributed by atoms with Gasteiger partial charge < -0.3 is 10.1 Å². The first-order chi connectivity index (χ1) is 13.1. The van der Waals surface area contributed by atoms with Crippen LogP contribution in [0.15, 0.2) is 48.7 Å². The first kappa shape index (κ1) is 17.2. The van der Waals surface area contributed by atoms with E-state index < -0.39 is 11.7 Å². The second kappa shape index (κ2) is 6.85. The summed E-state index contributed by atoms with van der Waals surface area (Å²) in [6, 6.07) is 13.3. The highest BCUT2D eigenvalue weighted by Gasteiger charge is 2.13. The van der Waals surface area contributed by atoms with Crippen molar-refractivity contribution in [1.82, 2.24) is 9.38 Å². The monoisotopic (exact) mass is 379 g/mol. The number of rotatable bonds is 5. The average Bonchev–Trinajstić information content (AvgIpc) is 3.25. The highest BCUT2D eigenvalue weighted by Crippen LogP contribution is 2.32. The number of ketones is 1. The number of nitrogens with one attached hydrogen (secondary N) is 1. The quantitative estimate of drug-likeness (QED) is 0.529. The van der Waals surface area contributed by atoms with Crippen LogP contribution in [-0.2, 0) is 9.59 Å². The number of thiazole rings is 1. The third-order valence-electron chi connectivity index (χ3n) is 4.31. The Morgan fingerprint density at radius 1 is 1.19 bits per heavy atom. The van der Waals surface area contributed by atoms with Crippen LogP contribution >= 0.6 is 11.3 Å². The van der Waals surface area contributed by atoms with E-state index in [1.54, 1.807) is 37.5 Å². The van der Waals surface area contributed by atoms with Crippen molar-refractivity contribution in [2.24, 2.45) is 0 Å². The number of anilines is 1.